The SMILES string of the molecule is Cc1cc(C(=O)CSc2nnnn2-c2ccccc2Cl)c(C)n1CC1CCCO1. The molecule has 29 heavy (non-hydrogen) atoms. The standard InChI is InChI=1S/C20H22ClN5O2S/c1-13-10-16(14(2)25(13)11-15-6-5-9-28-15)19(27)12-29-20-22-23-24-26(20)18-8-4-3-7-17(18)21/h3-4,7-8,10,15H,5-6,9,11-12H2,1-2H3. The molecule has 0 N–H and O–H groups in total. The summed E-state index contributed by atoms with van der Waals surface area (Å²) in [6, 6.07) is 9.29. The molecule has 3 heterocycles. The van der Waals surface area contributed by atoms with Crippen LogP contribution in [0.25, 0.3) is 5.69 Å². The molecule has 0 spiro atoms. The summed E-state index contributed by atoms with van der Waals surface area (Å²) in [6.45, 7) is 5.65. The van der Waals surface area contributed by atoms with E-state index in [0.29, 0.717) is 15.9 Å². The normalized spacial score (nSPS) is 16.4. The van der Waals surface area contributed by atoms with E-state index < -0.39 is 0 Å². The van der Waals surface area contributed by atoms with Crippen LogP contribution >= 0.6 is 23.4 Å². The Morgan fingerprint density at radius 3 is 2.93 bits per heavy atom. The molecule has 7 nitrogen and oxygen atoms in total. The molecular weight excluding hydrogens is 410 g/mol. The van der Waals surface area contributed by atoms with Crippen LogP contribution in [0.2, 0.25) is 5.02 Å². The Hall–Kier alpha value is -2.16. The molecule has 1 atom stereocenters. The van der Waals surface area contributed by atoms with Crippen molar-refractivity contribution in [2.75, 3.05) is 12.4 Å². The second-order valence-electron chi connectivity index (χ2n) is 7.07. The molecule has 0 saturated carbocycles. The van der Waals surface area contributed by atoms with Crippen LogP contribution in [0.5, 0.6) is 0 Å². The number of aryl methyl sites for hydroxylation is 1. The van der Waals surface area contributed by atoms with E-state index in [1.165, 1.54) is 11.8 Å². The van der Waals surface area contributed by atoms with Crippen molar-refractivity contribution < 1.29 is 9.53 Å². The lowest BCUT2D eigenvalue weighted by Gasteiger charge is -2.14. The van der Waals surface area contributed by atoms with Gasteiger partial charge in [-0.05, 0) is 55.3 Å². The smallest absolute Gasteiger partial charge is 0.214 e. The van der Waals surface area contributed by atoms with Crippen LogP contribution in [0.15, 0.2) is 35.5 Å². The van der Waals surface area contributed by atoms with Crippen LogP contribution in [-0.2, 0) is 11.3 Å². The highest BCUT2D eigenvalue weighted by molar-refractivity contribution is 7.99. The molecule has 1 aliphatic rings. The summed E-state index contributed by atoms with van der Waals surface area (Å²) >= 11 is 7.55. The third kappa shape index (κ3) is 4.24. The van der Waals surface area contributed by atoms with E-state index in [1.54, 1.807) is 10.7 Å². The van der Waals surface area contributed by atoms with Gasteiger partial charge >= 0.3 is 0 Å². The minimum absolute atomic E-state index is 0.0513. The van der Waals surface area contributed by atoms with Gasteiger partial charge in [-0.1, -0.05) is 35.5 Å². The van der Waals surface area contributed by atoms with Gasteiger partial charge in [-0.3, -0.25) is 4.79 Å². The van der Waals surface area contributed by atoms with Crippen molar-refractivity contribution in [2.24, 2.45) is 0 Å². The highest BCUT2D eigenvalue weighted by atomic mass is 35.5. The Labute approximate surface area is 178 Å². The summed E-state index contributed by atoms with van der Waals surface area (Å²) in [6.07, 6.45) is 2.41. The van der Waals surface area contributed by atoms with E-state index in [4.69, 9.17) is 16.3 Å². The predicted octanol–water partition coefficient (Wildman–Crippen LogP) is 3.89. The topological polar surface area (TPSA) is 74.8 Å². The van der Waals surface area contributed by atoms with Gasteiger partial charge in [0.1, 0.15) is 0 Å². The summed E-state index contributed by atoms with van der Waals surface area (Å²) in [7, 11) is 0. The maximum absolute atomic E-state index is 12.9. The minimum Gasteiger partial charge on any atom is -0.376 e. The molecule has 1 saturated heterocycles. The van der Waals surface area contributed by atoms with Gasteiger partial charge in [0.05, 0.1) is 22.6 Å². The minimum atomic E-state index is 0.0513. The molecule has 9 heteroatoms. The zero-order valence-corrected chi connectivity index (χ0v) is 17.9. The fourth-order valence-electron chi connectivity index (χ4n) is 3.61. The number of hydrogen-bond acceptors (Lipinski definition) is 6. The monoisotopic (exact) mass is 431 g/mol. The molecule has 0 amide bonds. The first kappa shape index (κ1) is 20.1. The Morgan fingerprint density at radius 1 is 1.34 bits per heavy atom. The van der Waals surface area contributed by atoms with Crippen LogP contribution < -0.4 is 0 Å². The molecule has 0 radical (unpaired) electrons. The first-order valence-corrected chi connectivity index (χ1v) is 10.9. The number of benzene rings is 1. The highest BCUT2D eigenvalue weighted by Crippen LogP contribution is 2.26. The number of carbonyl (C=O) groups excluding carboxylic acids is 1. The summed E-state index contributed by atoms with van der Waals surface area (Å²) in [4.78, 5) is 12.9. The third-order valence-corrected chi connectivity index (χ3v) is 6.38. The number of Topliss-reactive ketones (excluding diaryl/α,β-unsaturated/α-hetero) is 1. The van der Waals surface area contributed by atoms with Crippen LogP contribution in [0.4, 0.5) is 0 Å². The third-order valence-electron chi connectivity index (χ3n) is 5.14. The van der Waals surface area contributed by atoms with Crippen molar-refractivity contribution in [3.05, 3.63) is 52.3 Å². The fraction of sp³-hybridized carbons (Fsp3) is 0.400. The Balaban J connectivity index is 1.47. The van der Waals surface area contributed by atoms with Crippen molar-refractivity contribution in [2.45, 2.75) is 44.5 Å². The lowest BCUT2D eigenvalue weighted by Crippen LogP contribution is -2.17. The van der Waals surface area contributed by atoms with Gasteiger partial charge in [-0.15, -0.1) is 5.10 Å². The van der Waals surface area contributed by atoms with Gasteiger partial charge in [0.15, 0.2) is 5.78 Å². The number of halogens is 1. The highest BCUT2D eigenvalue weighted by Gasteiger charge is 2.22. The van der Waals surface area contributed by atoms with Crippen molar-refractivity contribution in [3.8, 4) is 5.69 Å². The number of rotatable bonds is 7. The molecule has 1 aliphatic heterocycles. The van der Waals surface area contributed by atoms with E-state index in [1.807, 2.05) is 38.1 Å². The maximum atomic E-state index is 12.9. The quantitative estimate of drug-likeness (QED) is 0.417. The Kier molecular flexibility index (Phi) is 6.03. The number of hydrogen-bond donors (Lipinski definition) is 0. The van der Waals surface area contributed by atoms with Gasteiger partial charge in [-0.25, -0.2) is 0 Å². The number of ketones is 1. The number of carbonyl (C=O) groups is 1. The number of para-hydroxylation sites is 1. The number of nitrogens with zero attached hydrogens (tertiary/aromatic N) is 5. The molecule has 0 bridgehead atoms. The van der Waals surface area contributed by atoms with E-state index >= 15 is 0 Å². The Morgan fingerprint density at radius 2 is 2.17 bits per heavy atom. The molecule has 1 unspecified atom stereocenters. The summed E-state index contributed by atoms with van der Waals surface area (Å²) in [5, 5.41) is 12.9. The average molecular weight is 432 g/mol. The first-order valence-electron chi connectivity index (χ1n) is 9.52. The number of ether oxygens (including phenoxy) is 1. The van der Waals surface area contributed by atoms with Gasteiger partial charge in [0, 0.05) is 30.1 Å². The second kappa shape index (κ2) is 8.69. The number of aromatic nitrogens is 5. The second-order valence-corrected chi connectivity index (χ2v) is 8.42. The molecule has 1 fully saturated rings. The van der Waals surface area contributed by atoms with Crippen molar-refractivity contribution in [1.29, 1.82) is 0 Å². The molecule has 4 rings (SSSR count). The molecular formula is C20H22ClN5O2S. The van der Waals surface area contributed by atoms with Gasteiger partial charge < -0.3 is 9.30 Å². The summed E-state index contributed by atoms with van der Waals surface area (Å²) < 4.78 is 9.49. The van der Waals surface area contributed by atoms with E-state index in [0.717, 1.165) is 42.9 Å². The van der Waals surface area contributed by atoms with Crippen LogP contribution in [-0.4, -0.2) is 49.0 Å². The lowest BCUT2D eigenvalue weighted by atomic mass is 10.2. The van der Waals surface area contributed by atoms with E-state index in [2.05, 4.69) is 20.1 Å². The van der Waals surface area contributed by atoms with Crippen LogP contribution in [0.1, 0.15) is 34.6 Å². The Bertz CT molecular complexity index is 1030. The largest absolute Gasteiger partial charge is 0.376 e. The number of tetrazole rings is 1. The zero-order valence-electron chi connectivity index (χ0n) is 16.3. The molecule has 2 aromatic heterocycles. The molecule has 152 valence electrons. The fourth-order valence-corrected chi connectivity index (χ4v) is 4.59. The van der Waals surface area contributed by atoms with Gasteiger partial charge in [0.25, 0.3) is 0 Å². The van der Waals surface area contributed by atoms with Crippen molar-refractivity contribution >= 4 is 29.1 Å². The van der Waals surface area contributed by atoms with Gasteiger partial charge in [-0.2, -0.15) is 4.68 Å². The number of thioether (sulfide) groups is 1. The summed E-state index contributed by atoms with van der Waals surface area (Å²) in [5.74, 6) is 0.296. The van der Waals surface area contributed by atoms with Crippen LogP contribution in [0.3, 0.4) is 0 Å². The van der Waals surface area contributed by atoms with Crippen molar-refractivity contribution in [3.63, 3.8) is 0 Å². The lowest BCUT2D eigenvalue weighted by molar-refractivity contribution is 0.0957. The maximum Gasteiger partial charge on any atom is 0.214 e. The van der Waals surface area contributed by atoms with Crippen LogP contribution in [0, 0.1) is 13.8 Å². The molecule has 3 aromatic rings. The summed E-state index contributed by atoms with van der Waals surface area (Å²) in [5.41, 5.74) is 3.48. The average Bonchev–Trinajstić information content (AvgIpc) is 3.44. The van der Waals surface area contributed by atoms with Crippen molar-refractivity contribution in [1.82, 2.24) is 24.8 Å². The predicted molar refractivity (Wildman–Crippen MR) is 112 cm³/mol. The first-order chi connectivity index (χ1) is 14.0. The molecule has 0 aliphatic carbocycles. The van der Waals surface area contributed by atoms with E-state index in [9.17, 15) is 4.79 Å². The van der Waals surface area contributed by atoms with E-state index in [-0.39, 0.29) is 17.6 Å². The molecule has 1 aromatic carbocycles. The van der Waals surface area contributed by atoms with Gasteiger partial charge in [0.2, 0.25) is 5.16 Å². The zero-order chi connectivity index (χ0) is 20.4.